The van der Waals surface area contributed by atoms with Crippen molar-refractivity contribution < 1.29 is 9.53 Å². The van der Waals surface area contributed by atoms with Crippen molar-refractivity contribution in [3.8, 4) is 0 Å². The third-order valence-electron chi connectivity index (χ3n) is 3.28. The maximum atomic E-state index is 12.2. The van der Waals surface area contributed by atoms with Gasteiger partial charge in [0.2, 0.25) is 5.91 Å². The summed E-state index contributed by atoms with van der Waals surface area (Å²) in [6.45, 7) is 6.38. The summed E-state index contributed by atoms with van der Waals surface area (Å²) in [4.78, 5) is 13.8. The molecule has 0 heterocycles. The number of alkyl halides is 1. The molecule has 0 atom stereocenters. The smallest absolute Gasteiger partial charge is 0.244 e. The number of carbonyl (C=O) groups is 1. The minimum Gasteiger partial charge on any atom is -0.481 e. The summed E-state index contributed by atoms with van der Waals surface area (Å²) in [7, 11) is 0. The molecular formula is C17H24ClNO2. The summed E-state index contributed by atoms with van der Waals surface area (Å²) in [5, 5.41) is 0. The average molecular weight is 310 g/mol. The highest BCUT2D eigenvalue weighted by molar-refractivity contribution is 6.29. The van der Waals surface area contributed by atoms with E-state index in [1.807, 2.05) is 31.2 Å². The van der Waals surface area contributed by atoms with E-state index in [1.54, 1.807) is 11.2 Å². The van der Waals surface area contributed by atoms with Crippen LogP contribution in [0.25, 0.3) is 0 Å². The lowest BCUT2D eigenvalue weighted by atomic mass is 10.0. The van der Waals surface area contributed by atoms with Gasteiger partial charge in [-0.2, -0.15) is 0 Å². The van der Waals surface area contributed by atoms with Crippen LogP contribution in [-0.2, 0) is 22.4 Å². The molecule has 0 N–H and O–H groups in total. The normalized spacial score (nSPS) is 10.9. The first kappa shape index (κ1) is 17.6. The molecule has 0 aliphatic heterocycles. The summed E-state index contributed by atoms with van der Waals surface area (Å²) in [6.07, 6.45) is 6.17. The van der Waals surface area contributed by atoms with Gasteiger partial charge in [-0.15, -0.1) is 11.6 Å². The first-order chi connectivity index (χ1) is 10.2. The molecule has 0 aromatic heterocycles. The maximum Gasteiger partial charge on any atom is 0.244 e. The van der Waals surface area contributed by atoms with Gasteiger partial charge >= 0.3 is 0 Å². The zero-order valence-electron chi connectivity index (χ0n) is 13.1. The maximum absolute atomic E-state index is 12.2. The van der Waals surface area contributed by atoms with Crippen molar-refractivity contribution in [3.05, 3.63) is 41.7 Å². The van der Waals surface area contributed by atoms with Crippen LogP contribution in [0.5, 0.6) is 0 Å². The quantitative estimate of drug-likeness (QED) is 0.407. The van der Waals surface area contributed by atoms with Crippen molar-refractivity contribution in [1.29, 1.82) is 0 Å². The Balaban J connectivity index is 3.12. The largest absolute Gasteiger partial charge is 0.481 e. The van der Waals surface area contributed by atoms with E-state index in [0.717, 1.165) is 36.1 Å². The van der Waals surface area contributed by atoms with Gasteiger partial charge in [0, 0.05) is 0 Å². The molecule has 0 spiro atoms. The number of para-hydroxylation sites is 1. The second kappa shape index (κ2) is 9.46. The number of nitrogens with zero attached hydrogens (tertiary/aromatic N) is 1. The summed E-state index contributed by atoms with van der Waals surface area (Å²) in [5.74, 6) is -0.195. The number of hydrogen-bond donors (Lipinski definition) is 0. The number of amides is 1. The fourth-order valence-electron chi connectivity index (χ4n) is 2.18. The number of rotatable bonds is 8. The number of hydrogen-bond acceptors (Lipinski definition) is 2. The van der Waals surface area contributed by atoms with E-state index in [9.17, 15) is 4.79 Å². The van der Waals surface area contributed by atoms with Gasteiger partial charge in [0.15, 0.2) is 6.73 Å². The highest BCUT2D eigenvalue weighted by atomic mass is 35.5. The van der Waals surface area contributed by atoms with Crippen LogP contribution >= 0.6 is 11.6 Å². The molecule has 1 amide bonds. The Kier molecular flexibility index (Phi) is 7.91. The average Bonchev–Trinajstić information content (AvgIpc) is 2.53. The zero-order chi connectivity index (χ0) is 15.7. The van der Waals surface area contributed by atoms with Crippen LogP contribution in [0, 0.1) is 0 Å². The summed E-state index contributed by atoms with van der Waals surface area (Å²) < 4.78 is 5.48. The van der Waals surface area contributed by atoms with Crippen molar-refractivity contribution in [3.63, 3.8) is 0 Å². The van der Waals surface area contributed by atoms with E-state index < -0.39 is 0 Å². The standard InChI is InChI=1S/C17H24ClNO2/c1-4-7-11-21-13-19(16(20)12-18)17-14(5-2)9-8-10-15(17)6-3/h7-11H,4-6,12-13H2,1-3H3/b11-7-. The van der Waals surface area contributed by atoms with Crippen LogP contribution in [0.15, 0.2) is 30.5 Å². The van der Waals surface area contributed by atoms with Gasteiger partial charge in [0.1, 0.15) is 5.88 Å². The first-order valence-corrected chi connectivity index (χ1v) is 7.96. The van der Waals surface area contributed by atoms with Crippen molar-refractivity contribution >= 4 is 23.2 Å². The molecule has 0 saturated heterocycles. The molecule has 0 saturated carbocycles. The molecule has 1 aromatic rings. The molecule has 0 unspecified atom stereocenters. The number of halogens is 1. The fraction of sp³-hybridized carbons (Fsp3) is 0.471. The topological polar surface area (TPSA) is 29.5 Å². The molecule has 1 aromatic carbocycles. The van der Waals surface area contributed by atoms with Crippen molar-refractivity contribution in [2.45, 2.75) is 40.0 Å². The Hall–Kier alpha value is -1.48. The van der Waals surface area contributed by atoms with Crippen LogP contribution < -0.4 is 4.90 Å². The second-order valence-corrected chi connectivity index (χ2v) is 4.93. The number of allylic oxidation sites excluding steroid dienone is 1. The minimum atomic E-state index is -0.142. The van der Waals surface area contributed by atoms with Gasteiger partial charge in [0.25, 0.3) is 0 Å². The molecule has 21 heavy (non-hydrogen) atoms. The van der Waals surface area contributed by atoms with E-state index in [0.29, 0.717) is 0 Å². The molecule has 0 aliphatic rings. The predicted molar refractivity (Wildman–Crippen MR) is 88.8 cm³/mol. The SMILES string of the molecule is CC/C=C\OCN(C(=O)CCl)c1c(CC)cccc1CC. The van der Waals surface area contributed by atoms with E-state index in [-0.39, 0.29) is 18.5 Å². The van der Waals surface area contributed by atoms with Gasteiger partial charge in [-0.1, -0.05) is 45.0 Å². The van der Waals surface area contributed by atoms with Gasteiger partial charge < -0.3 is 4.74 Å². The third-order valence-corrected chi connectivity index (χ3v) is 3.51. The van der Waals surface area contributed by atoms with Gasteiger partial charge in [-0.25, -0.2) is 0 Å². The molecule has 0 bridgehead atoms. The lowest BCUT2D eigenvalue weighted by Crippen LogP contribution is -2.35. The predicted octanol–water partition coefficient (Wildman–Crippen LogP) is 4.28. The molecular weight excluding hydrogens is 286 g/mol. The third kappa shape index (κ3) is 4.78. The molecule has 4 heteroatoms. The van der Waals surface area contributed by atoms with Crippen LogP contribution in [0.1, 0.15) is 38.3 Å². The number of ether oxygens (including phenoxy) is 1. The summed E-state index contributed by atoms with van der Waals surface area (Å²) in [5.41, 5.74) is 3.21. The zero-order valence-corrected chi connectivity index (χ0v) is 13.8. The van der Waals surface area contributed by atoms with E-state index >= 15 is 0 Å². The number of benzene rings is 1. The van der Waals surface area contributed by atoms with Crippen LogP contribution in [0.4, 0.5) is 5.69 Å². The number of anilines is 1. The van der Waals surface area contributed by atoms with Crippen LogP contribution in [-0.4, -0.2) is 18.5 Å². The van der Waals surface area contributed by atoms with E-state index in [4.69, 9.17) is 16.3 Å². The number of aryl methyl sites for hydroxylation is 2. The van der Waals surface area contributed by atoms with Gasteiger partial charge in [0.05, 0.1) is 11.9 Å². The monoisotopic (exact) mass is 309 g/mol. The van der Waals surface area contributed by atoms with Crippen molar-refractivity contribution in [2.24, 2.45) is 0 Å². The van der Waals surface area contributed by atoms with Gasteiger partial charge in [-0.05, 0) is 30.4 Å². The Bertz CT molecular complexity index is 463. The molecule has 1 rings (SSSR count). The minimum absolute atomic E-state index is 0.0535. The van der Waals surface area contributed by atoms with Crippen molar-refractivity contribution in [2.75, 3.05) is 17.5 Å². The summed E-state index contributed by atoms with van der Waals surface area (Å²) in [6, 6.07) is 6.12. The van der Waals surface area contributed by atoms with Crippen LogP contribution in [0.2, 0.25) is 0 Å². The molecule has 3 nitrogen and oxygen atoms in total. The van der Waals surface area contributed by atoms with Crippen LogP contribution in [0.3, 0.4) is 0 Å². The lowest BCUT2D eigenvalue weighted by Gasteiger charge is -2.26. The van der Waals surface area contributed by atoms with E-state index in [2.05, 4.69) is 13.8 Å². The molecule has 116 valence electrons. The Morgan fingerprint density at radius 2 is 1.86 bits per heavy atom. The van der Waals surface area contributed by atoms with E-state index in [1.165, 1.54) is 0 Å². The highest BCUT2D eigenvalue weighted by Gasteiger charge is 2.20. The fourth-order valence-corrected chi connectivity index (χ4v) is 2.32. The van der Waals surface area contributed by atoms with Gasteiger partial charge in [-0.3, -0.25) is 9.69 Å². The highest BCUT2D eigenvalue weighted by Crippen LogP contribution is 2.27. The Morgan fingerprint density at radius 3 is 2.33 bits per heavy atom. The van der Waals surface area contributed by atoms with Crippen molar-refractivity contribution in [1.82, 2.24) is 0 Å². The molecule has 0 fully saturated rings. The first-order valence-electron chi connectivity index (χ1n) is 7.43. The Morgan fingerprint density at radius 1 is 1.24 bits per heavy atom. The molecule has 0 aliphatic carbocycles. The Labute approximate surface area is 132 Å². The molecule has 0 radical (unpaired) electrons. The number of carbonyl (C=O) groups excluding carboxylic acids is 1. The second-order valence-electron chi connectivity index (χ2n) is 4.66. The summed E-state index contributed by atoms with van der Waals surface area (Å²) >= 11 is 5.76. The lowest BCUT2D eigenvalue weighted by molar-refractivity contribution is -0.117.